The van der Waals surface area contributed by atoms with E-state index >= 15 is 0 Å². The van der Waals surface area contributed by atoms with Gasteiger partial charge in [0.25, 0.3) is 0 Å². The molecule has 0 radical (unpaired) electrons. The number of fused-ring (bicyclic) bond motifs is 2. The largest absolute Gasteiger partial charge is 0.390 e. The van der Waals surface area contributed by atoms with Gasteiger partial charge in [-0.3, -0.25) is 4.68 Å². The van der Waals surface area contributed by atoms with E-state index in [4.69, 9.17) is 20.4 Å². The topological polar surface area (TPSA) is 120 Å². The van der Waals surface area contributed by atoms with Crippen LogP contribution in [0.3, 0.4) is 0 Å². The van der Waals surface area contributed by atoms with Gasteiger partial charge < -0.3 is 20.5 Å². The Bertz CT molecular complexity index is 1340. The highest BCUT2D eigenvalue weighted by molar-refractivity contribution is 5.89. The van der Waals surface area contributed by atoms with Gasteiger partial charge in [-0.15, -0.1) is 0 Å². The van der Waals surface area contributed by atoms with Gasteiger partial charge in [0.15, 0.2) is 11.5 Å². The van der Waals surface area contributed by atoms with E-state index in [-0.39, 0.29) is 24.2 Å². The average Bonchev–Trinajstić information content (AvgIpc) is 3.51. The second-order valence-corrected chi connectivity index (χ2v) is 9.29. The maximum absolute atomic E-state index is 10.2. The normalized spacial score (nSPS) is 22.7. The summed E-state index contributed by atoms with van der Waals surface area (Å²) in [6.45, 7) is 4.19. The predicted molar refractivity (Wildman–Crippen MR) is 124 cm³/mol. The molecule has 0 bridgehead atoms. The summed E-state index contributed by atoms with van der Waals surface area (Å²) in [6, 6.07) is 6.04. The van der Waals surface area contributed by atoms with Crippen molar-refractivity contribution in [2.75, 3.05) is 24.6 Å². The average molecular weight is 449 g/mol. The Kier molecular flexibility index (Phi) is 4.65. The Hall–Kier alpha value is -3.08. The van der Waals surface area contributed by atoms with Crippen LogP contribution < -0.4 is 10.6 Å². The Labute approximate surface area is 191 Å². The van der Waals surface area contributed by atoms with Crippen LogP contribution in [0.15, 0.2) is 30.6 Å². The first-order valence-corrected chi connectivity index (χ1v) is 11.4. The minimum Gasteiger partial charge on any atom is -0.390 e. The van der Waals surface area contributed by atoms with E-state index in [2.05, 4.69) is 22.0 Å². The van der Waals surface area contributed by atoms with Crippen LogP contribution >= 0.6 is 0 Å². The van der Waals surface area contributed by atoms with Gasteiger partial charge in [0.1, 0.15) is 11.2 Å². The number of aromatic nitrogens is 6. The summed E-state index contributed by atoms with van der Waals surface area (Å²) in [5.74, 6) is 0.722. The molecule has 10 nitrogen and oxygen atoms in total. The predicted octanol–water partition coefficient (Wildman–Crippen LogP) is 1.53. The maximum Gasteiger partial charge on any atom is 0.182 e. The zero-order chi connectivity index (χ0) is 22.7. The van der Waals surface area contributed by atoms with Crippen LogP contribution in [-0.2, 0) is 18.4 Å². The van der Waals surface area contributed by atoms with Crippen LogP contribution in [0.5, 0.6) is 0 Å². The Morgan fingerprint density at radius 3 is 2.73 bits per heavy atom. The van der Waals surface area contributed by atoms with Crippen molar-refractivity contribution in [2.24, 2.45) is 18.2 Å². The fraction of sp³-hybridized carbons (Fsp3) is 0.478. The lowest BCUT2D eigenvalue weighted by Gasteiger charge is -2.41. The Morgan fingerprint density at radius 2 is 2.00 bits per heavy atom. The van der Waals surface area contributed by atoms with Gasteiger partial charge in [-0.1, -0.05) is 6.07 Å². The third-order valence-corrected chi connectivity index (χ3v) is 7.50. The molecular weight excluding hydrogens is 420 g/mol. The molecule has 3 N–H and O–H groups in total. The lowest BCUT2D eigenvalue weighted by Crippen LogP contribution is -2.51. The highest BCUT2D eigenvalue weighted by Crippen LogP contribution is 2.42. The van der Waals surface area contributed by atoms with E-state index in [9.17, 15) is 5.11 Å². The highest BCUT2D eigenvalue weighted by Gasteiger charge is 2.47. The molecule has 2 saturated heterocycles. The lowest BCUT2D eigenvalue weighted by molar-refractivity contribution is 0.0973. The van der Waals surface area contributed by atoms with Crippen LogP contribution in [0.25, 0.3) is 27.8 Å². The molecule has 2 fully saturated rings. The number of aliphatic hydroxyl groups is 1. The van der Waals surface area contributed by atoms with Crippen LogP contribution in [0.4, 0.5) is 5.82 Å². The summed E-state index contributed by atoms with van der Waals surface area (Å²) in [4.78, 5) is 11.9. The summed E-state index contributed by atoms with van der Waals surface area (Å²) < 4.78 is 9.46. The number of ether oxygens (including phenoxy) is 1. The van der Waals surface area contributed by atoms with E-state index in [1.807, 2.05) is 36.1 Å². The van der Waals surface area contributed by atoms with Crippen molar-refractivity contribution >= 4 is 27.9 Å². The van der Waals surface area contributed by atoms with Crippen LogP contribution in [0.2, 0.25) is 0 Å². The van der Waals surface area contributed by atoms with Crippen molar-refractivity contribution in [3.63, 3.8) is 0 Å². The zero-order valence-corrected chi connectivity index (χ0v) is 18.8. The number of nitrogens with zero attached hydrogens (tertiary/aromatic N) is 7. The number of hydrogen-bond donors (Lipinski definition) is 2. The Balaban J connectivity index is 1.36. The molecule has 4 aromatic rings. The molecule has 0 saturated carbocycles. The summed E-state index contributed by atoms with van der Waals surface area (Å²) in [5.41, 5.74) is 10.3. The van der Waals surface area contributed by atoms with E-state index < -0.39 is 0 Å². The molecule has 2 aliphatic rings. The summed E-state index contributed by atoms with van der Waals surface area (Å²) in [6.07, 6.45) is 5.53. The van der Waals surface area contributed by atoms with Gasteiger partial charge in [-0.25, -0.2) is 14.6 Å². The van der Waals surface area contributed by atoms with E-state index in [0.29, 0.717) is 23.5 Å². The monoisotopic (exact) mass is 448 g/mol. The van der Waals surface area contributed by atoms with Gasteiger partial charge in [0.2, 0.25) is 0 Å². The first-order chi connectivity index (χ1) is 16.0. The molecule has 2 aliphatic heterocycles. The number of piperidine rings is 1. The van der Waals surface area contributed by atoms with Crippen LogP contribution in [0, 0.1) is 5.41 Å². The van der Waals surface area contributed by atoms with Crippen molar-refractivity contribution in [3.8, 4) is 5.69 Å². The Morgan fingerprint density at radius 1 is 1.18 bits per heavy atom. The van der Waals surface area contributed by atoms with Crippen molar-refractivity contribution < 1.29 is 9.84 Å². The third-order valence-electron chi connectivity index (χ3n) is 7.50. The molecule has 0 unspecified atom stereocenters. The quantitative estimate of drug-likeness (QED) is 0.484. The number of nitrogens with two attached hydrogens (primary N) is 1. The molecule has 0 aliphatic carbocycles. The zero-order valence-electron chi connectivity index (χ0n) is 18.8. The molecule has 1 spiro atoms. The van der Waals surface area contributed by atoms with Gasteiger partial charge >= 0.3 is 0 Å². The highest BCUT2D eigenvalue weighted by atomic mass is 16.5. The third kappa shape index (κ3) is 3.05. The lowest BCUT2D eigenvalue weighted by atomic mass is 9.73. The van der Waals surface area contributed by atoms with Crippen molar-refractivity contribution in [3.05, 3.63) is 36.3 Å². The molecule has 0 amide bonds. The fourth-order valence-corrected chi connectivity index (χ4v) is 5.39. The second kappa shape index (κ2) is 7.47. The minimum atomic E-state index is -0.193. The molecule has 2 atom stereocenters. The first kappa shape index (κ1) is 20.5. The van der Waals surface area contributed by atoms with Crippen molar-refractivity contribution in [1.29, 1.82) is 0 Å². The second-order valence-electron chi connectivity index (χ2n) is 9.29. The molecule has 5 heterocycles. The van der Waals surface area contributed by atoms with Crippen molar-refractivity contribution in [2.45, 2.75) is 38.5 Å². The smallest absolute Gasteiger partial charge is 0.182 e. The summed E-state index contributed by atoms with van der Waals surface area (Å²) in [7, 11) is 1.91. The number of aliphatic hydroxyl groups excluding tert-OH is 1. The SMILES string of the molecule is C[C@@H]1OCC2(CCN(c3nc4cnn(-c5cccc6c5cnn6C)c4nc3CO)CC2)[C@@H]1N. The number of benzene rings is 1. The maximum atomic E-state index is 10.2. The number of aryl methyl sites for hydroxylation is 1. The summed E-state index contributed by atoms with van der Waals surface area (Å²) >= 11 is 0. The van der Waals surface area contributed by atoms with E-state index in [0.717, 1.165) is 48.3 Å². The molecule has 6 rings (SSSR count). The standard InChI is InChI=1S/C23H28N8O2/c1-14-20(24)23(13-33-14)6-8-30(9-7-23)21-17(12-32)28-22-16(27-21)11-26-31(22)19-5-3-4-18-15(19)10-25-29(18)2/h3-5,10-11,14,20,32H,6-9,12-13,24H2,1-2H3/t14-,20+/m0/s1. The van der Waals surface area contributed by atoms with E-state index in [1.54, 1.807) is 10.9 Å². The fourth-order valence-electron chi connectivity index (χ4n) is 5.39. The van der Waals surface area contributed by atoms with Gasteiger partial charge in [0.05, 0.1) is 42.9 Å². The van der Waals surface area contributed by atoms with Gasteiger partial charge in [-0.2, -0.15) is 10.2 Å². The van der Waals surface area contributed by atoms with Gasteiger partial charge in [0, 0.05) is 37.0 Å². The molecule has 172 valence electrons. The molecule has 1 aromatic carbocycles. The minimum absolute atomic E-state index is 0.0279. The molecule has 3 aromatic heterocycles. The molecule has 33 heavy (non-hydrogen) atoms. The van der Waals surface area contributed by atoms with Gasteiger partial charge in [-0.05, 0) is 31.9 Å². The first-order valence-electron chi connectivity index (χ1n) is 11.4. The number of anilines is 1. The van der Waals surface area contributed by atoms with Crippen LogP contribution in [0.1, 0.15) is 25.5 Å². The number of rotatable bonds is 3. The van der Waals surface area contributed by atoms with Crippen molar-refractivity contribution in [1.82, 2.24) is 29.5 Å². The summed E-state index contributed by atoms with van der Waals surface area (Å²) in [5, 5.41) is 20.1. The number of hydrogen-bond acceptors (Lipinski definition) is 8. The van der Waals surface area contributed by atoms with E-state index in [1.165, 1.54) is 0 Å². The van der Waals surface area contributed by atoms with Crippen LogP contribution in [-0.4, -0.2) is 66.5 Å². The molecular formula is C23H28N8O2. The molecule has 10 heteroatoms.